The van der Waals surface area contributed by atoms with Gasteiger partial charge >= 0.3 is 0 Å². The summed E-state index contributed by atoms with van der Waals surface area (Å²) >= 11 is 12.2. The molecule has 2 aromatic carbocycles. The highest BCUT2D eigenvalue weighted by Gasteiger charge is 2.34. The van der Waals surface area contributed by atoms with E-state index in [0.29, 0.717) is 5.58 Å². The van der Waals surface area contributed by atoms with Crippen LogP contribution in [0.4, 0.5) is 0 Å². The van der Waals surface area contributed by atoms with Crippen LogP contribution in [-0.4, -0.2) is 49.7 Å². The summed E-state index contributed by atoms with van der Waals surface area (Å²) < 4.78 is 33.0. The van der Waals surface area contributed by atoms with Crippen LogP contribution in [0.2, 0.25) is 10.0 Å². The number of nitrogens with zero attached hydrogens (tertiary/aromatic N) is 2. The molecule has 0 atom stereocenters. The molecular formula is C20H18Cl2N2O4S. The minimum atomic E-state index is -3.86. The van der Waals surface area contributed by atoms with Crippen LogP contribution in [0.1, 0.15) is 16.1 Å². The summed E-state index contributed by atoms with van der Waals surface area (Å²) in [5, 5.41) is 1.05. The van der Waals surface area contributed by atoms with Gasteiger partial charge in [-0.25, -0.2) is 8.42 Å². The van der Waals surface area contributed by atoms with Gasteiger partial charge in [0.15, 0.2) is 5.76 Å². The number of hydrogen-bond acceptors (Lipinski definition) is 4. The van der Waals surface area contributed by atoms with E-state index in [0.717, 1.165) is 10.9 Å². The number of carbonyl (C=O) groups excluding carboxylic acids is 1. The van der Waals surface area contributed by atoms with Gasteiger partial charge in [-0.05, 0) is 25.1 Å². The van der Waals surface area contributed by atoms with Crippen molar-refractivity contribution in [1.82, 2.24) is 9.21 Å². The lowest BCUT2D eigenvalue weighted by Gasteiger charge is -2.34. The number of sulfonamides is 1. The summed E-state index contributed by atoms with van der Waals surface area (Å²) in [6.07, 6.45) is 0. The summed E-state index contributed by atoms with van der Waals surface area (Å²) in [5.41, 5.74) is 1.44. The summed E-state index contributed by atoms with van der Waals surface area (Å²) in [4.78, 5) is 14.4. The van der Waals surface area contributed by atoms with Crippen LogP contribution in [0, 0.1) is 6.92 Å². The van der Waals surface area contributed by atoms with Crippen molar-refractivity contribution in [2.45, 2.75) is 11.8 Å². The van der Waals surface area contributed by atoms with Crippen molar-refractivity contribution in [3.8, 4) is 0 Å². The number of carbonyl (C=O) groups is 1. The number of piperazine rings is 1. The van der Waals surface area contributed by atoms with Crippen LogP contribution in [0.3, 0.4) is 0 Å². The summed E-state index contributed by atoms with van der Waals surface area (Å²) in [6.45, 7) is 2.64. The third-order valence-electron chi connectivity index (χ3n) is 5.08. The Morgan fingerprint density at radius 1 is 0.966 bits per heavy atom. The Morgan fingerprint density at radius 3 is 2.21 bits per heavy atom. The van der Waals surface area contributed by atoms with E-state index < -0.39 is 10.0 Å². The second kappa shape index (κ2) is 7.65. The second-order valence-corrected chi connectivity index (χ2v) is 9.49. The van der Waals surface area contributed by atoms with Crippen molar-refractivity contribution >= 4 is 50.1 Å². The molecule has 2 heterocycles. The molecule has 1 aromatic heterocycles. The third-order valence-corrected chi connectivity index (χ3v) is 7.94. The zero-order chi connectivity index (χ0) is 20.8. The van der Waals surface area contributed by atoms with Crippen LogP contribution >= 0.6 is 23.2 Å². The predicted octanol–water partition coefficient (Wildman–Crippen LogP) is 4.19. The van der Waals surface area contributed by atoms with Crippen LogP contribution in [-0.2, 0) is 10.0 Å². The number of amides is 1. The first-order valence-electron chi connectivity index (χ1n) is 9.02. The molecule has 1 saturated heterocycles. The number of benzene rings is 2. The van der Waals surface area contributed by atoms with Crippen molar-refractivity contribution in [3.05, 3.63) is 63.8 Å². The normalized spacial score (nSPS) is 15.8. The SMILES string of the molecule is Cc1c(C(=O)N2CCN(S(=O)(=O)c3c(Cl)cccc3Cl)CC2)oc2ccccc12. The number of hydrogen-bond donors (Lipinski definition) is 0. The summed E-state index contributed by atoms with van der Waals surface area (Å²) in [6, 6.07) is 12.0. The average molecular weight is 453 g/mol. The molecule has 6 nitrogen and oxygen atoms in total. The second-order valence-electron chi connectivity index (χ2n) is 6.80. The van der Waals surface area contributed by atoms with E-state index >= 15 is 0 Å². The molecule has 0 N–H and O–H groups in total. The number of rotatable bonds is 3. The molecule has 1 fully saturated rings. The maximum atomic E-state index is 13.0. The molecule has 1 aliphatic rings. The number of furan rings is 1. The van der Waals surface area contributed by atoms with Crippen LogP contribution in [0.15, 0.2) is 51.8 Å². The summed E-state index contributed by atoms with van der Waals surface area (Å²) in [7, 11) is -3.86. The lowest BCUT2D eigenvalue weighted by atomic mass is 10.1. The van der Waals surface area contributed by atoms with Gasteiger partial charge in [-0.15, -0.1) is 0 Å². The topological polar surface area (TPSA) is 70.8 Å². The third kappa shape index (κ3) is 3.53. The number of aryl methyl sites for hydroxylation is 1. The molecule has 1 amide bonds. The van der Waals surface area contributed by atoms with Gasteiger partial charge in [-0.2, -0.15) is 4.31 Å². The van der Waals surface area contributed by atoms with E-state index in [1.165, 1.54) is 16.4 Å². The Bertz CT molecular complexity index is 1180. The Hall–Kier alpha value is -2.06. The Balaban J connectivity index is 1.53. The first-order chi connectivity index (χ1) is 13.8. The van der Waals surface area contributed by atoms with E-state index in [1.807, 2.05) is 31.2 Å². The Labute approximate surface area is 178 Å². The molecule has 0 radical (unpaired) electrons. The van der Waals surface area contributed by atoms with Crippen LogP contribution in [0.25, 0.3) is 11.0 Å². The molecule has 29 heavy (non-hydrogen) atoms. The average Bonchev–Trinajstić information content (AvgIpc) is 3.04. The zero-order valence-corrected chi connectivity index (χ0v) is 17.9. The molecule has 1 aliphatic heterocycles. The largest absolute Gasteiger partial charge is 0.451 e. The van der Waals surface area contributed by atoms with Gasteiger partial charge in [0, 0.05) is 37.1 Å². The van der Waals surface area contributed by atoms with Crippen LogP contribution < -0.4 is 0 Å². The predicted molar refractivity (Wildman–Crippen MR) is 112 cm³/mol. The van der Waals surface area contributed by atoms with Crippen molar-refractivity contribution < 1.29 is 17.6 Å². The van der Waals surface area contributed by atoms with Gasteiger partial charge in [0.2, 0.25) is 10.0 Å². The van der Waals surface area contributed by atoms with Gasteiger partial charge in [0.25, 0.3) is 5.91 Å². The molecule has 0 spiro atoms. The molecule has 0 unspecified atom stereocenters. The fraction of sp³-hybridized carbons (Fsp3) is 0.250. The molecule has 9 heteroatoms. The smallest absolute Gasteiger partial charge is 0.289 e. The molecule has 0 saturated carbocycles. The molecule has 152 valence electrons. The maximum Gasteiger partial charge on any atom is 0.289 e. The molecule has 3 aromatic rings. The van der Waals surface area contributed by atoms with Gasteiger partial charge in [0.05, 0.1) is 10.0 Å². The van der Waals surface area contributed by atoms with Crippen LogP contribution in [0.5, 0.6) is 0 Å². The van der Waals surface area contributed by atoms with Crippen molar-refractivity contribution in [2.75, 3.05) is 26.2 Å². The Morgan fingerprint density at radius 2 is 1.59 bits per heavy atom. The standard InChI is InChI=1S/C20H18Cl2N2O4S/c1-13-14-5-2-3-8-17(14)28-18(13)20(25)23-9-11-24(12-10-23)29(26,27)19-15(21)6-4-7-16(19)22/h2-8H,9-12H2,1H3. The van der Waals surface area contributed by atoms with E-state index in [9.17, 15) is 13.2 Å². The van der Waals surface area contributed by atoms with E-state index in [1.54, 1.807) is 11.0 Å². The van der Waals surface area contributed by atoms with E-state index in [2.05, 4.69) is 0 Å². The fourth-order valence-corrected chi connectivity index (χ4v) is 6.03. The quantitative estimate of drug-likeness (QED) is 0.596. The first kappa shape index (κ1) is 20.2. The highest BCUT2D eigenvalue weighted by molar-refractivity contribution is 7.89. The van der Waals surface area contributed by atoms with E-state index in [4.69, 9.17) is 27.6 Å². The first-order valence-corrected chi connectivity index (χ1v) is 11.2. The van der Waals surface area contributed by atoms with Crippen molar-refractivity contribution in [1.29, 1.82) is 0 Å². The van der Waals surface area contributed by atoms with Gasteiger partial charge < -0.3 is 9.32 Å². The zero-order valence-electron chi connectivity index (χ0n) is 15.6. The number of halogens is 2. The van der Waals surface area contributed by atoms with Gasteiger partial charge in [-0.3, -0.25) is 4.79 Å². The molecule has 0 aliphatic carbocycles. The molecule has 4 rings (SSSR count). The van der Waals surface area contributed by atoms with Gasteiger partial charge in [0.1, 0.15) is 10.5 Å². The summed E-state index contributed by atoms with van der Waals surface area (Å²) in [5.74, 6) is 0.0446. The fourth-order valence-electron chi connectivity index (χ4n) is 3.51. The highest BCUT2D eigenvalue weighted by atomic mass is 35.5. The lowest BCUT2D eigenvalue weighted by molar-refractivity contribution is 0.0667. The minimum Gasteiger partial charge on any atom is -0.451 e. The van der Waals surface area contributed by atoms with Crippen molar-refractivity contribution in [3.63, 3.8) is 0 Å². The van der Waals surface area contributed by atoms with Crippen molar-refractivity contribution in [2.24, 2.45) is 0 Å². The molecular weight excluding hydrogens is 435 g/mol. The van der Waals surface area contributed by atoms with Gasteiger partial charge in [-0.1, -0.05) is 47.5 Å². The monoisotopic (exact) mass is 452 g/mol. The maximum absolute atomic E-state index is 13.0. The minimum absolute atomic E-state index is 0.0777. The number of para-hydroxylation sites is 1. The lowest BCUT2D eigenvalue weighted by Crippen LogP contribution is -2.50. The molecule has 0 bridgehead atoms. The number of fused-ring (bicyclic) bond motifs is 1. The van der Waals surface area contributed by atoms with E-state index in [-0.39, 0.29) is 52.8 Å². The highest BCUT2D eigenvalue weighted by Crippen LogP contribution is 2.32. The Kier molecular flexibility index (Phi) is 5.33.